The molecule has 0 spiro atoms. The van der Waals surface area contributed by atoms with Gasteiger partial charge < -0.3 is 10.2 Å². The minimum atomic E-state index is -0.0194. The van der Waals surface area contributed by atoms with Crippen molar-refractivity contribution in [1.29, 1.82) is 0 Å². The highest BCUT2D eigenvalue weighted by Crippen LogP contribution is 2.18. The molecule has 29 heavy (non-hydrogen) atoms. The zero-order valence-electron chi connectivity index (χ0n) is 18.8. The second-order valence-electron chi connectivity index (χ2n) is 8.15. The van der Waals surface area contributed by atoms with E-state index in [9.17, 15) is 4.79 Å². The van der Waals surface area contributed by atoms with E-state index in [2.05, 4.69) is 56.4 Å². The van der Waals surface area contributed by atoms with Crippen molar-refractivity contribution in [2.75, 3.05) is 11.9 Å². The molecule has 0 saturated carbocycles. The topological polar surface area (TPSA) is 32.3 Å². The lowest BCUT2D eigenvalue weighted by atomic mass is 10.0. The van der Waals surface area contributed by atoms with Crippen LogP contribution in [0.1, 0.15) is 74.6 Å². The van der Waals surface area contributed by atoms with Gasteiger partial charge in [-0.3, -0.25) is 0 Å². The number of aryl methyl sites for hydroxylation is 3. The fraction of sp³-hybridized carbons (Fsp3) is 0.500. The van der Waals surface area contributed by atoms with Gasteiger partial charge in [0, 0.05) is 18.8 Å². The molecule has 0 aliphatic heterocycles. The van der Waals surface area contributed by atoms with Crippen LogP contribution in [0, 0.1) is 13.8 Å². The van der Waals surface area contributed by atoms with E-state index in [0.29, 0.717) is 6.54 Å². The molecule has 2 rings (SSSR count). The highest BCUT2D eigenvalue weighted by molar-refractivity contribution is 5.90. The molecule has 0 aromatic heterocycles. The van der Waals surface area contributed by atoms with Crippen molar-refractivity contribution in [1.82, 2.24) is 4.90 Å². The Morgan fingerprint density at radius 2 is 1.55 bits per heavy atom. The van der Waals surface area contributed by atoms with Gasteiger partial charge in [0.15, 0.2) is 0 Å². The summed E-state index contributed by atoms with van der Waals surface area (Å²) in [5.74, 6) is 0. The van der Waals surface area contributed by atoms with Gasteiger partial charge in [-0.15, -0.1) is 0 Å². The zero-order chi connectivity index (χ0) is 21.1. The van der Waals surface area contributed by atoms with E-state index in [1.165, 1.54) is 42.4 Å². The Morgan fingerprint density at radius 1 is 0.862 bits per heavy atom. The zero-order valence-corrected chi connectivity index (χ0v) is 18.8. The third kappa shape index (κ3) is 7.92. The maximum Gasteiger partial charge on any atom is 0.322 e. The molecule has 0 saturated heterocycles. The average Bonchev–Trinajstić information content (AvgIpc) is 2.71. The van der Waals surface area contributed by atoms with Crippen molar-refractivity contribution < 1.29 is 4.79 Å². The molecule has 3 nitrogen and oxygen atoms in total. The van der Waals surface area contributed by atoms with Crippen LogP contribution in [-0.4, -0.2) is 17.5 Å². The summed E-state index contributed by atoms with van der Waals surface area (Å²) in [6.45, 7) is 9.93. The Kier molecular flexibility index (Phi) is 9.76. The van der Waals surface area contributed by atoms with E-state index < -0.39 is 0 Å². The molecule has 0 bridgehead atoms. The summed E-state index contributed by atoms with van der Waals surface area (Å²) in [6, 6.07) is 14.9. The molecule has 2 aromatic carbocycles. The molecule has 1 N–H and O–H groups in total. The van der Waals surface area contributed by atoms with Gasteiger partial charge >= 0.3 is 6.03 Å². The summed E-state index contributed by atoms with van der Waals surface area (Å²) in [5.41, 5.74) is 5.78. The van der Waals surface area contributed by atoms with Crippen LogP contribution in [0.25, 0.3) is 0 Å². The number of benzene rings is 2. The molecule has 0 heterocycles. The number of carbonyl (C=O) groups excluding carboxylic acids is 1. The first-order chi connectivity index (χ1) is 14.0. The number of hydrogen-bond donors (Lipinski definition) is 1. The number of anilines is 1. The fourth-order valence-corrected chi connectivity index (χ4v) is 3.54. The monoisotopic (exact) mass is 394 g/mol. The molecule has 0 aliphatic carbocycles. The summed E-state index contributed by atoms with van der Waals surface area (Å²) in [6.07, 6.45) is 8.39. The molecule has 0 fully saturated rings. The summed E-state index contributed by atoms with van der Waals surface area (Å²) in [4.78, 5) is 14.9. The molecule has 0 radical (unpaired) electrons. The molecule has 158 valence electrons. The van der Waals surface area contributed by atoms with E-state index in [-0.39, 0.29) is 6.03 Å². The normalized spacial score (nSPS) is 10.8. The minimum Gasteiger partial charge on any atom is -0.320 e. The van der Waals surface area contributed by atoms with E-state index >= 15 is 0 Å². The lowest BCUT2D eigenvalue weighted by molar-refractivity contribution is 0.208. The Balaban J connectivity index is 1.99. The summed E-state index contributed by atoms with van der Waals surface area (Å²) in [7, 11) is 0. The van der Waals surface area contributed by atoms with Gasteiger partial charge in [-0.2, -0.15) is 0 Å². The highest BCUT2D eigenvalue weighted by Gasteiger charge is 2.15. The van der Waals surface area contributed by atoms with Crippen molar-refractivity contribution in [2.45, 2.75) is 79.2 Å². The number of nitrogens with one attached hydrogen (secondary N) is 1. The Hall–Kier alpha value is -2.29. The second-order valence-corrected chi connectivity index (χ2v) is 8.15. The molecule has 2 amide bonds. The minimum absolute atomic E-state index is 0.0194. The van der Waals surface area contributed by atoms with Crippen LogP contribution < -0.4 is 5.32 Å². The Morgan fingerprint density at radius 3 is 2.21 bits per heavy atom. The third-order valence-electron chi connectivity index (χ3n) is 5.41. The van der Waals surface area contributed by atoms with Gasteiger partial charge in [-0.25, -0.2) is 4.79 Å². The first kappa shape index (κ1) is 23.0. The predicted octanol–water partition coefficient (Wildman–Crippen LogP) is 7.26. The number of carbonyl (C=O) groups is 1. The predicted molar refractivity (Wildman–Crippen MR) is 125 cm³/mol. The Labute approximate surface area is 177 Å². The SMILES string of the molecule is CCCCCCc1ccc(CN(CCCC)C(=O)Nc2ccc(C)cc2C)cc1. The van der Waals surface area contributed by atoms with Crippen molar-refractivity contribution in [2.24, 2.45) is 0 Å². The van der Waals surface area contributed by atoms with E-state index in [4.69, 9.17) is 0 Å². The van der Waals surface area contributed by atoms with Crippen LogP contribution in [-0.2, 0) is 13.0 Å². The van der Waals surface area contributed by atoms with Crippen molar-refractivity contribution in [3.63, 3.8) is 0 Å². The van der Waals surface area contributed by atoms with Crippen LogP contribution in [0.5, 0.6) is 0 Å². The number of urea groups is 1. The Bertz CT molecular complexity index is 752. The molecule has 0 atom stereocenters. The first-order valence-corrected chi connectivity index (χ1v) is 11.2. The van der Waals surface area contributed by atoms with Gasteiger partial charge in [0.05, 0.1) is 0 Å². The van der Waals surface area contributed by atoms with Crippen LogP contribution in [0.4, 0.5) is 10.5 Å². The molecule has 0 unspecified atom stereocenters. The lowest BCUT2D eigenvalue weighted by Crippen LogP contribution is -2.35. The van der Waals surface area contributed by atoms with Gasteiger partial charge in [0.1, 0.15) is 0 Å². The molecule has 3 heteroatoms. The molecule has 2 aromatic rings. The van der Waals surface area contributed by atoms with E-state index in [0.717, 1.165) is 37.1 Å². The number of amides is 2. The highest BCUT2D eigenvalue weighted by atomic mass is 16.2. The third-order valence-corrected chi connectivity index (χ3v) is 5.41. The number of rotatable bonds is 11. The van der Waals surface area contributed by atoms with Crippen LogP contribution in [0.2, 0.25) is 0 Å². The van der Waals surface area contributed by atoms with Gasteiger partial charge in [0.25, 0.3) is 0 Å². The summed E-state index contributed by atoms with van der Waals surface area (Å²) in [5, 5.41) is 3.10. The molecule has 0 aliphatic rings. The van der Waals surface area contributed by atoms with Gasteiger partial charge in [0.2, 0.25) is 0 Å². The van der Waals surface area contributed by atoms with Crippen LogP contribution in [0.3, 0.4) is 0 Å². The average molecular weight is 395 g/mol. The van der Waals surface area contributed by atoms with Crippen LogP contribution >= 0.6 is 0 Å². The first-order valence-electron chi connectivity index (χ1n) is 11.2. The quantitative estimate of drug-likeness (QED) is 0.400. The second kappa shape index (κ2) is 12.3. The molecular formula is C26H38N2O. The van der Waals surface area contributed by atoms with Gasteiger partial charge in [-0.1, -0.05) is 81.5 Å². The fourth-order valence-electron chi connectivity index (χ4n) is 3.54. The van der Waals surface area contributed by atoms with Crippen molar-refractivity contribution >= 4 is 11.7 Å². The standard InChI is InChI=1S/C26H38N2O/c1-5-7-9-10-11-23-13-15-24(16-14-23)20-28(18-8-6-2)26(29)27-25-17-12-21(3)19-22(25)4/h12-17,19H,5-11,18,20H2,1-4H3,(H,27,29). The number of hydrogen-bond acceptors (Lipinski definition) is 1. The maximum atomic E-state index is 12.9. The van der Waals surface area contributed by atoms with E-state index in [1.54, 1.807) is 0 Å². The largest absolute Gasteiger partial charge is 0.322 e. The van der Waals surface area contributed by atoms with Crippen molar-refractivity contribution in [3.8, 4) is 0 Å². The summed E-state index contributed by atoms with van der Waals surface area (Å²) < 4.78 is 0. The smallest absolute Gasteiger partial charge is 0.320 e. The number of unbranched alkanes of at least 4 members (excludes halogenated alkanes) is 4. The van der Waals surface area contributed by atoms with Crippen molar-refractivity contribution in [3.05, 3.63) is 64.7 Å². The van der Waals surface area contributed by atoms with Gasteiger partial charge in [-0.05, 0) is 55.9 Å². The molecular weight excluding hydrogens is 356 g/mol. The van der Waals surface area contributed by atoms with Crippen LogP contribution in [0.15, 0.2) is 42.5 Å². The van der Waals surface area contributed by atoms with E-state index in [1.807, 2.05) is 24.0 Å². The lowest BCUT2D eigenvalue weighted by Gasteiger charge is -2.24. The summed E-state index contributed by atoms with van der Waals surface area (Å²) >= 11 is 0. The number of nitrogens with zero attached hydrogens (tertiary/aromatic N) is 1. The maximum absolute atomic E-state index is 12.9.